The number of carboxylic acid groups (broad SMARTS) is 1. The van der Waals surface area contributed by atoms with E-state index in [1.54, 1.807) is 0 Å². The summed E-state index contributed by atoms with van der Waals surface area (Å²) in [5.74, 6) is -2.02. The Morgan fingerprint density at radius 1 is 1.54 bits per heavy atom. The van der Waals surface area contributed by atoms with E-state index in [2.05, 4.69) is 6.58 Å². The Labute approximate surface area is 77.4 Å². The second-order valence-electron chi connectivity index (χ2n) is 3.28. The highest BCUT2D eigenvalue weighted by molar-refractivity contribution is 6.00. The molecule has 0 aromatic carbocycles. The smallest absolute Gasteiger partial charge is 0.319 e. The molecule has 0 saturated carbocycles. The lowest BCUT2D eigenvalue weighted by Crippen LogP contribution is -2.41. The van der Waals surface area contributed by atoms with Crippen molar-refractivity contribution < 1.29 is 14.7 Å². The Morgan fingerprint density at radius 2 is 2.00 bits per heavy atom. The van der Waals surface area contributed by atoms with Gasteiger partial charge < -0.3 is 10.8 Å². The van der Waals surface area contributed by atoms with E-state index in [0.29, 0.717) is 12.0 Å². The number of hydrogen-bond donors (Lipinski definition) is 2. The van der Waals surface area contributed by atoms with Gasteiger partial charge in [-0.15, -0.1) is 0 Å². The molecule has 0 radical (unpaired) electrons. The van der Waals surface area contributed by atoms with Crippen LogP contribution in [-0.4, -0.2) is 17.0 Å². The standard InChI is InChI=1S/C9H15NO3/c1-4-6(2)5-9(3,7(10)11)8(12)13/h2,4-5H2,1,3H3,(H2,10,11)(H,12,13). The van der Waals surface area contributed by atoms with Crippen molar-refractivity contribution in [3.8, 4) is 0 Å². The highest BCUT2D eigenvalue weighted by Gasteiger charge is 2.39. The van der Waals surface area contributed by atoms with Crippen molar-refractivity contribution in [3.63, 3.8) is 0 Å². The van der Waals surface area contributed by atoms with Gasteiger partial charge in [-0.1, -0.05) is 19.1 Å². The maximum Gasteiger partial charge on any atom is 0.319 e. The van der Waals surface area contributed by atoms with E-state index in [0.717, 1.165) is 0 Å². The van der Waals surface area contributed by atoms with Crippen molar-refractivity contribution in [2.45, 2.75) is 26.7 Å². The Balaban J connectivity index is 4.72. The quantitative estimate of drug-likeness (QED) is 0.493. The number of carbonyl (C=O) groups is 2. The maximum atomic E-state index is 10.9. The average Bonchev–Trinajstić information content (AvgIpc) is 2.03. The van der Waals surface area contributed by atoms with Crippen LogP contribution in [0, 0.1) is 5.41 Å². The van der Waals surface area contributed by atoms with Crippen LogP contribution in [0.3, 0.4) is 0 Å². The van der Waals surface area contributed by atoms with Gasteiger partial charge in [0.05, 0.1) is 0 Å². The molecule has 3 N–H and O–H groups in total. The lowest BCUT2D eigenvalue weighted by atomic mass is 9.82. The fourth-order valence-electron chi connectivity index (χ4n) is 0.893. The zero-order valence-corrected chi connectivity index (χ0v) is 7.96. The zero-order chi connectivity index (χ0) is 10.6. The van der Waals surface area contributed by atoms with Crippen molar-refractivity contribution in [2.24, 2.45) is 11.1 Å². The Kier molecular flexibility index (Phi) is 3.66. The fraction of sp³-hybridized carbons (Fsp3) is 0.556. The minimum atomic E-state index is -1.52. The zero-order valence-electron chi connectivity index (χ0n) is 7.96. The monoisotopic (exact) mass is 185 g/mol. The minimum absolute atomic E-state index is 0.105. The van der Waals surface area contributed by atoms with Gasteiger partial charge in [-0.3, -0.25) is 9.59 Å². The molecule has 4 nitrogen and oxygen atoms in total. The summed E-state index contributed by atoms with van der Waals surface area (Å²) in [5.41, 5.74) is 4.21. The number of carbonyl (C=O) groups excluding carboxylic acids is 1. The van der Waals surface area contributed by atoms with Crippen molar-refractivity contribution >= 4 is 11.9 Å². The van der Waals surface area contributed by atoms with Crippen LogP contribution >= 0.6 is 0 Å². The van der Waals surface area contributed by atoms with Gasteiger partial charge in [0.2, 0.25) is 5.91 Å². The molecule has 0 aromatic heterocycles. The molecular formula is C9H15NO3. The van der Waals surface area contributed by atoms with Crippen molar-refractivity contribution in [2.75, 3.05) is 0 Å². The van der Waals surface area contributed by atoms with Crippen LogP contribution in [0.2, 0.25) is 0 Å². The van der Waals surface area contributed by atoms with E-state index in [-0.39, 0.29) is 6.42 Å². The molecule has 0 rings (SSSR count). The molecule has 1 atom stereocenters. The van der Waals surface area contributed by atoms with E-state index < -0.39 is 17.3 Å². The topological polar surface area (TPSA) is 80.4 Å². The molecule has 0 aliphatic carbocycles. The summed E-state index contributed by atoms with van der Waals surface area (Å²) >= 11 is 0. The molecule has 1 amide bonds. The molecule has 74 valence electrons. The first-order valence-electron chi connectivity index (χ1n) is 4.04. The van der Waals surface area contributed by atoms with E-state index in [1.807, 2.05) is 6.92 Å². The number of allylic oxidation sites excluding steroid dienone is 1. The second kappa shape index (κ2) is 4.07. The molecule has 13 heavy (non-hydrogen) atoms. The van der Waals surface area contributed by atoms with Crippen molar-refractivity contribution in [3.05, 3.63) is 12.2 Å². The van der Waals surface area contributed by atoms with Gasteiger partial charge in [-0.25, -0.2) is 0 Å². The molecule has 0 bridgehead atoms. The Bertz CT molecular complexity index is 231. The van der Waals surface area contributed by atoms with Gasteiger partial charge in [0.1, 0.15) is 5.41 Å². The lowest BCUT2D eigenvalue weighted by Gasteiger charge is -2.21. The number of carboxylic acids is 1. The SMILES string of the molecule is C=C(CC)CC(C)(C(N)=O)C(=O)O. The summed E-state index contributed by atoms with van der Waals surface area (Å²) in [6, 6.07) is 0. The highest BCUT2D eigenvalue weighted by Crippen LogP contribution is 2.26. The minimum Gasteiger partial charge on any atom is -0.480 e. The predicted molar refractivity (Wildman–Crippen MR) is 49.0 cm³/mol. The number of aliphatic carboxylic acids is 1. The summed E-state index contributed by atoms with van der Waals surface area (Å²) in [4.78, 5) is 21.7. The van der Waals surface area contributed by atoms with E-state index >= 15 is 0 Å². The number of primary amides is 1. The third kappa shape index (κ3) is 2.57. The highest BCUT2D eigenvalue weighted by atomic mass is 16.4. The van der Waals surface area contributed by atoms with Crippen LogP contribution in [0.15, 0.2) is 12.2 Å². The predicted octanol–water partition coefficient (Wildman–Crippen LogP) is 0.919. The average molecular weight is 185 g/mol. The normalized spacial score (nSPS) is 14.6. The lowest BCUT2D eigenvalue weighted by molar-refractivity contribution is -0.153. The molecule has 0 aromatic rings. The summed E-state index contributed by atoms with van der Waals surface area (Å²) in [6.07, 6.45) is 0.754. The first kappa shape index (κ1) is 11.7. The molecule has 0 fully saturated rings. The Morgan fingerprint density at radius 3 is 2.23 bits per heavy atom. The van der Waals surface area contributed by atoms with Crippen LogP contribution in [-0.2, 0) is 9.59 Å². The third-order valence-corrected chi connectivity index (χ3v) is 2.12. The fourth-order valence-corrected chi connectivity index (χ4v) is 0.893. The number of hydrogen-bond acceptors (Lipinski definition) is 2. The van der Waals surface area contributed by atoms with Crippen LogP contribution in [0.5, 0.6) is 0 Å². The van der Waals surface area contributed by atoms with Crippen LogP contribution in [0.4, 0.5) is 0 Å². The van der Waals surface area contributed by atoms with E-state index in [1.165, 1.54) is 6.92 Å². The van der Waals surface area contributed by atoms with Crippen LogP contribution in [0.25, 0.3) is 0 Å². The molecule has 0 aliphatic heterocycles. The summed E-state index contributed by atoms with van der Waals surface area (Å²) in [7, 11) is 0. The van der Waals surface area contributed by atoms with Crippen LogP contribution < -0.4 is 5.73 Å². The molecular weight excluding hydrogens is 170 g/mol. The Hall–Kier alpha value is -1.32. The van der Waals surface area contributed by atoms with E-state index in [4.69, 9.17) is 10.8 Å². The summed E-state index contributed by atoms with van der Waals surface area (Å²) in [5, 5.41) is 8.81. The molecule has 0 spiro atoms. The maximum absolute atomic E-state index is 10.9. The number of rotatable bonds is 5. The largest absolute Gasteiger partial charge is 0.480 e. The number of amides is 1. The van der Waals surface area contributed by atoms with Crippen molar-refractivity contribution in [1.82, 2.24) is 0 Å². The molecule has 0 heterocycles. The molecule has 0 aliphatic rings. The first-order valence-corrected chi connectivity index (χ1v) is 4.04. The molecule has 0 saturated heterocycles. The third-order valence-electron chi connectivity index (χ3n) is 2.12. The number of nitrogens with two attached hydrogens (primary N) is 1. The van der Waals surface area contributed by atoms with Gasteiger partial charge >= 0.3 is 5.97 Å². The van der Waals surface area contributed by atoms with E-state index in [9.17, 15) is 9.59 Å². The van der Waals surface area contributed by atoms with Gasteiger partial charge in [-0.2, -0.15) is 0 Å². The molecule has 4 heteroatoms. The second-order valence-corrected chi connectivity index (χ2v) is 3.28. The van der Waals surface area contributed by atoms with Gasteiger partial charge in [0.15, 0.2) is 0 Å². The summed E-state index contributed by atoms with van der Waals surface area (Å²) < 4.78 is 0. The van der Waals surface area contributed by atoms with Crippen molar-refractivity contribution in [1.29, 1.82) is 0 Å². The molecule has 1 unspecified atom stereocenters. The van der Waals surface area contributed by atoms with Gasteiger partial charge in [0, 0.05) is 0 Å². The first-order chi connectivity index (χ1) is 5.84. The summed E-state index contributed by atoms with van der Waals surface area (Å²) in [6.45, 7) is 6.82. The van der Waals surface area contributed by atoms with Crippen LogP contribution in [0.1, 0.15) is 26.7 Å². The van der Waals surface area contributed by atoms with Gasteiger partial charge in [0.25, 0.3) is 0 Å². The van der Waals surface area contributed by atoms with Gasteiger partial charge in [-0.05, 0) is 19.8 Å².